The lowest BCUT2D eigenvalue weighted by atomic mass is 9.88. The van der Waals surface area contributed by atoms with Crippen LogP contribution in [0.4, 0.5) is 5.00 Å². The topological polar surface area (TPSA) is 72.2 Å². The van der Waals surface area contributed by atoms with Crippen molar-refractivity contribution in [1.29, 1.82) is 0 Å². The predicted molar refractivity (Wildman–Crippen MR) is 98.1 cm³/mol. The number of fused-ring (bicyclic) bond motifs is 1. The third-order valence-corrected chi connectivity index (χ3v) is 5.39. The molecule has 4 nitrogen and oxygen atoms in total. The quantitative estimate of drug-likeness (QED) is 0.834. The van der Waals surface area contributed by atoms with Crippen molar-refractivity contribution in [3.05, 3.63) is 58.0 Å². The van der Waals surface area contributed by atoms with Gasteiger partial charge in [0.05, 0.1) is 5.56 Å². The SMILES string of the molecule is C[C@@H]1CCc2c(sc(NC(=O)/C=C\c3ccccc3)c2C(N)=O)C1. The zero-order valence-electron chi connectivity index (χ0n) is 13.5. The summed E-state index contributed by atoms with van der Waals surface area (Å²) in [6, 6.07) is 9.59. The minimum atomic E-state index is -0.468. The molecule has 1 aromatic heterocycles. The van der Waals surface area contributed by atoms with Crippen LogP contribution in [0.5, 0.6) is 0 Å². The minimum Gasteiger partial charge on any atom is -0.365 e. The van der Waals surface area contributed by atoms with E-state index in [2.05, 4.69) is 12.2 Å². The van der Waals surface area contributed by atoms with Crippen molar-refractivity contribution in [1.82, 2.24) is 0 Å². The van der Waals surface area contributed by atoms with Crippen molar-refractivity contribution in [2.75, 3.05) is 5.32 Å². The molecule has 0 saturated heterocycles. The number of nitrogens with one attached hydrogen (secondary N) is 1. The van der Waals surface area contributed by atoms with Crippen LogP contribution >= 0.6 is 11.3 Å². The second-order valence-corrected chi connectivity index (χ2v) is 7.26. The standard InChI is InChI=1S/C19H20N2O2S/c1-12-7-9-14-15(11-12)24-19(17(14)18(20)23)21-16(22)10-8-13-5-3-2-4-6-13/h2-6,8,10,12H,7,9,11H2,1H3,(H2,20,23)(H,21,22)/b10-8-/t12-/m1/s1. The van der Waals surface area contributed by atoms with E-state index >= 15 is 0 Å². The maximum Gasteiger partial charge on any atom is 0.251 e. The first kappa shape index (κ1) is 16.5. The smallest absolute Gasteiger partial charge is 0.251 e. The summed E-state index contributed by atoms with van der Waals surface area (Å²) in [5.41, 5.74) is 8.01. The monoisotopic (exact) mass is 340 g/mol. The fourth-order valence-corrected chi connectivity index (χ4v) is 4.41. The van der Waals surface area contributed by atoms with Crippen molar-refractivity contribution in [2.45, 2.75) is 26.2 Å². The number of hydrogen-bond donors (Lipinski definition) is 2. The van der Waals surface area contributed by atoms with Crippen LogP contribution in [-0.2, 0) is 17.6 Å². The Labute approximate surface area is 145 Å². The van der Waals surface area contributed by atoms with Gasteiger partial charge in [-0.1, -0.05) is 37.3 Å². The molecule has 1 aliphatic carbocycles. The Bertz CT molecular complexity index is 793. The van der Waals surface area contributed by atoms with Crippen LogP contribution in [0.15, 0.2) is 36.4 Å². The number of benzene rings is 1. The van der Waals surface area contributed by atoms with Crippen molar-refractivity contribution >= 4 is 34.2 Å². The van der Waals surface area contributed by atoms with E-state index in [1.54, 1.807) is 6.08 Å². The average Bonchev–Trinajstić information content (AvgIpc) is 2.90. The van der Waals surface area contributed by atoms with Gasteiger partial charge >= 0.3 is 0 Å². The molecule has 3 N–H and O–H groups in total. The molecule has 0 radical (unpaired) electrons. The number of nitrogens with two attached hydrogens (primary N) is 1. The van der Waals surface area contributed by atoms with Crippen LogP contribution in [0.2, 0.25) is 0 Å². The summed E-state index contributed by atoms with van der Waals surface area (Å²) in [5, 5.41) is 3.40. The molecule has 0 bridgehead atoms. The number of hydrogen-bond acceptors (Lipinski definition) is 3. The van der Waals surface area contributed by atoms with Gasteiger partial charge in [0.25, 0.3) is 5.91 Å². The van der Waals surface area contributed by atoms with Crippen molar-refractivity contribution in [3.8, 4) is 0 Å². The molecule has 5 heteroatoms. The molecule has 2 amide bonds. The molecule has 1 aliphatic rings. The number of rotatable bonds is 4. The Hall–Kier alpha value is -2.40. The Morgan fingerprint density at radius 2 is 2.04 bits per heavy atom. The number of carbonyl (C=O) groups excluding carboxylic acids is 2. The minimum absolute atomic E-state index is 0.256. The maximum absolute atomic E-state index is 12.2. The van der Waals surface area contributed by atoms with Gasteiger partial charge in [0.2, 0.25) is 5.91 Å². The molecule has 0 fully saturated rings. The van der Waals surface area contributed by atoms with Gasteiger partial charge in [-0.25, -0.2) is 0 Å². The third-order valence-electron chi connectivity index (χ3n) is 4.22. The highest BCUT2D eigenvalue weighted by atomic mass is 32.1. The van der Waals surface area contributed by atoms with Crippen LogP contribution in [-0.4, -0.2) is 11.8 Å². The van der Waals surface area contributed by atoms with E-state index in [9.17, 15) is 9.59 Å². The van der Waals surface area contributed by atoms with Gasteiger partial charge in [-0.2, -0.15) is 0 Å². The van der Waals surface area contributed by atoms with Gasteiger partial charge in [-0.15, -0.1) is 11.3 Å². The molecule has 0 spiro atoms. The zero-order chi connectivity index (χ0) is 17.1. The fraction of sp³-hybridized carbons (Fsp3) is 0.263. The van der Waals surface area contributed by atoms with E-state index in [1.807, 2.05) is 30.3 Å². The molecule has 0 unspecified atom stereocenters. The molecular formula is C19H20N2O2S. The molecule has 3 rings (SSSR count). The third kappa shape index (κ3) is 3.57. The molecule has 2 aromatic rings. The second kappa shape index (κ2) is 7.01. The highest BCUT2D eigenvalue weighted by molar-refractivity contribution is 7.17. The number of carbonyl (C=O) groups is 2. The van der Waals surface area contributed by atoms with Crippen LogP contribution in [0.1, 0.15) is 39.7 Å². The Kier molecular flexibility index (Phi) is 4.81. The molecule has 1 atom stereocenters. The predicted octanol–water partition coefficient (Wildman–Crippen LogP) is 3.62. The largest absolute Gasteiger partial charge is 0.365 e. The maximum atomic E-state index is 12.2. The normalized spacial score (nSPS) is 16.8. The molecule has 24 heavy (non-hydrogen) atoms. The molecule has 0 saturated carbocycles. The van der Waals surface area contributed by atoms with Gasteiger partial charge in [0.1, 0.15) is 5.00 Å². The number of thiophene rings is 1. The second-order valence-electron chi connectivity index (χ2n) is 6.15. The van der Waals surface area contributed by atoms with E-state index in [0.29, 0.717) is 16.5 Å². The van der Waals surface area contributed by atoms with E-state index in [1.165, 1.54) is 22.3 Å². The average molecular weight is 340 g/mol. The van der Waals surface area contributed by atoms with Crippen LogP contribution in [0.3, 0.4) is 0 Å². The summed E-state index contributed by atoms with van der Waals surface area (Å²) in [5.74, 6) is -0.129. The highest BCUT2D eigenvalue weighted by Crippen LogP contribution is 2.39. The summed E-state index contributed by atoms with van der Waals surface area (Å²) in [4.78, 5) is 25.2. The fourth-order valence-electron chi connectivity index (χ4n) is 2.99. The molecular weight excluding hydrogens is 320 g/mol. The van der Waals surface area contributed by atoms with E-state index in [-0.39, 0.29) is 5.91 Å². The van der Waals surface area contributed by atoms with Gasteiger partial charge in [-0.05, 0) is 42.4 Å². The first-order chi connectivity index (χ1) is 11.5. The van der Waals surface area contributed by atoms with E-state index in [0.717, 1.165) is 30.4 Å². The van der Waals surface area contributed by atoms with Crippen LogP contribution in [0.25, 0.3) is 6.08 Å². The van der Waals surface area contributed by atoms with E-state index in [4.69, 9.17) is 5.73 Å². The summed E-state index contributed by atoms with van der Waals surface area (Å²) >= 11 is 1.48. The summed E-state index contributed by atoms with van der Waals surface area (Å²) < 4.78 is 0. The first-order valence-corrected chi connectivity index (χ1v) is 8.84. The van der Waals surface area contributed by atoms with Crippen LogP contribution < -0.4 is 11.1 Å². The van der Waals surface area contributed by atoms with E-state index < -0.39 is 5.91 Å². The molecule has 1 heterocycles. The van der Waals surface area contributed by atoms with Gasteiger partial charge in [0, 0.05) is 11.0 Å². The van der Waals surface area contributed by atoms with Gasteiger partial charge < -0.3 is 11.1 Å². The lowest BCUT2D eigenvalue weighted by molar-refractivity contribution is -0.111. The van der Waals surface area contributed by atoms with Crippen molar-refractivity contribution in [3.63, 3.8) is 0 Å². The van der Waals surface area contributed by atoms with Crippen LogP contribution in [0, 0.1) is 5.92 Å². The Balaban J connectivity index is 1.81. The first-order valence-electron chi connectivity index (χ1n) is 8.03. The van der Waals surface area contributed by atoms with Gasteiger partial charge in [0.15, 0.2) is 0 Å². The molecule has 0 aliphatic heterocycles. The molecule has 124 valence electrons. The van der Waals surface area contributed by atoms with Crippen molar-refractivity contribution in [2.24, 2.45) is 11.7 Å². The Morgan fingerprint density at radius 1 is 1.29 bits per heavy atom. The van der Waals surface area contributed by atoms with Crippen molar-refractivity contribution < 1.29 is 9.59 Å². The highest BCUT2D eigenvalue weighted by Gasteiger charge is 2.26. The molecule has 1 aromatic carbocycles. The summed E-state index contributed by atoms with van der Waals surface area (Å²) in [7, 11) is 0. The van der Waals surface area contributed by atoms with Gasteiger partial charge in [-0.3, -0.25) is 9.59 Å². The number of primary amides is 1. The number of amides is 2. The summed E-state index contributed by atoms with van der Waals surface area (Å²) in [6.45, 7) is 2.20. The zero-order valence-corrected chi connectivity index (χ0v) is 14.4. The number of anilines is 1. The Morgan fingerprint density at radius 3 is 2.75 bits per heavy atom. The summed E-state index contributed by atoms with van der Waals surface area (Å²) in [6.07, 6.45) is 6.05. The lowest BCUT2D eigenvalue weighted by Crippen LogP contribution is -2.18. The lowest BCUT2D eigenvalue weighted by Gasteiger charge is -2.18.